The predicted molar refractivity (Wildman–Crippen MR) is 115 cm³/mol. The lowest BCUT2D eigenvalue weighted by Gasteiger charge is -2.40. The minimum Gasteiger partial charge on any atom is -0.490 e. The number of nitrogens with zero attached hydrogens (tertiary/aromatic N) is 4. The summed E-state index contributed by atoms with van der Waals surface area (Å²) in [5.41, 5.74) is 1.75. The van der Waals surface area contributed by atoms with E-state index in [1.807, 2.05) is 26.0 Å². The van der Waals surface area contributed by atoms with Crippen LogP contribution < -0.4 is 14.4 Å². The summed E-state index contributed by atoms with van der Waals surface area (Å²) in [5, 5.41) is 0. The normalized spacial score (nSPS) is 22.4. The SMILES string of the molecule is Cc1ncccc1Oc1ncnc(N2C3CCC2CC(Oc2ccc(F)cc2)C3)c1C. The molecule has 0 aliphatic carbocycles. The quantitative estimate of drug-likeness (QED) is 0.579. The first-order valence-corrected chi connectivity index (χ1v) is 10.7. The molecule has 2 aromatic heterocycles. The molecule has 2 aliphatic heterocycles. The fraction of sp³-hybridized carbons (Fsp3) is 0.375. The van der Waals surface area contributed by atoms with Crippen LogP contribution in [0.15, 0.2) is 48.9 Å². The Hall–Kier alpha value is -3.22. The minimum atomic E-state index is -0.249. The van der Waals surface area contributed by atoms with Gasteiger partial charge in [-0.3, -0.25) is 4.98 Å². The van der Waals surface area contributed by atoms with Crippen molar-refractivity contribution in [3.05, 3.63) is 66.0 Å². The summed E-state index contributed by atoms with van der Waals surface area (Å²) in [6.45, 7) is 3.93. The first-order chi connectivity index (χ1) is 15.1. The zero-order chi connectivity index (χ0) is 21.4. The monoisotopic (exact) mass is 420 g/mol. The van der Waals surface area contributed by atoms with Crippen LogP contribution in [0.4, 0.5) is 10.2 Å². The molecule has 0 spiro atoms. The third kappa shape index (κ3) is 3.92. The van der Waals surface area contributed by atoms with E-state index < -0.39 is 0 Å². The molecule has 2 fully saturated rings. The Balaban J connectivity index is 1.34. The lowest BCUT2D eigenvalue weighted by Crippen LogP contribution is -2.47. The van der Waals surface area contributed by atoms with Crippen molar-refractivity contribution in [1.82, 2.24) is 15.0 Å². The number of rotatable bonds is 5. The van der Waals surface area contributed by atoms with Gasteiger partial charge in [-0.05, 0) is 63.1 Å². The summed E-state index contributed by atoms with van der Waals surface area (Å²) in [5.74, 6) is 2.66. The van der Waals surface area contributed by atoms with Crippen molar-refractivity contribution >= 4 is 5.82 Å². The summed E-state index contributed by atoms with van der Waals surface area (Å²) in [6.07, 6.45) is 7.48. The van der Waals surface area contributed by atoms with Gasteiger partial charge in [0, 0.05) is 31.1 Å². The minimum absolute atomic E-state index is 0.120. The fourth-order valence-corrected chi connectivity index (χ4v) is 4.74. The van der Waals surface area contributed by atoms with Crippen LogP contribution in [0.3, 0.4) is 0 Å². The number of aromatic nitrogens is 3. The van der Waals surface area contributed by atoms with Crippen LogP contribution in [-0.2, 0) is 0 Å². The van der Waals surface area contributed by atoms with E-state index in [-0.39, 0.29) is 11.9 Å². The Bertz CT molecular complexity index is 1060. The second-order valence-electron chi connectivity index (χ2n) is 8.27. The van der Waals surface area contributed by atoms with E-state index in [4.69, 9.17) is 9.47 Å². The Morgan fingerprint density at radius 1 is 0.968 bits per heavy atom. The van der Waals surface area contributed by atoms with Crippen molar-refractivity contribution in [2.75, 3.05) is 4.90 Å². The molecule has 2 aliphatic rings. The second-order valence-corrected chi connectivity index (χ2v) is 8.27. The van der Waals surface area contributed by atoms with Gasteiger partial charge in [0.1, 0.15) is 29.8 Å². The molecule has 0 radical (unpaired) electrons. The molecule has 6 nitrogen and oxygen atoms in total. The highest BCUT2D eigenvalue weighted by Gasteiger charge is 2.43. The first-order valence-electron chi connectivity index (χ1n) is 10.7. The largest absolute Gasteiger partial charge is 0.490 e. The number of pyridine rings is 1. The van der Waals surface area contributed by atoms with Gasteiger partial charge < -0.3 is 14.4 Å². The average Bonchev–Trinajstić information content (AvgIpc) is 3.02. The molecule has 2 unspecified atom stereocenters. The van der Waals surface area contributed by atoms with Crippen molar-refractivity contribution in [3.8, 4) is 17.4 Å². The fourth-order valence-electron chi connectivity index (χ4n) is 4.74. The maximum atomic E-state index is 13.2. The summed E-state index contributed by atoms with van der Waals surface area (Å²) in [4.78, 5) is 15.7. The van der Waals surface area contributed by atoms with E-state index in [1.54, 1.807) is 24.7 Å². The van der Waals surface area contributed by atoms with Gasteiger partial charge in [0.05, 0.1) is 11.3 Å². The Morgan fingerprint density at radius 3 is 2.42 bits per heavy atom. The van der Waals surface area contributed by atoms with E-state index in [0.717, 1.165) is 48.5 Å². The molecule has 0 amide bonds. The smallest absolute Gasteiger partial charge is 0.227 e. The zero-order valence-electron chi connectivity index (χ0n) is 17.7. The predicted octanol–water partition coefficient (Wildman–Crippen LogP) is 5.00. The Kier molecular flexibility index (Phi) is 5.18. The van der Waals surface area contributed by atoms with Gasteiger partial charge >= 0.3 is 0 Å². The van der Waals surface area contributed by atoms with Crippen molar-refractivity contribution < 1.29 is 13.9 Å². The van der Waals surface area contributed by atoms with Crippen molar-refractivity contribution in [3.63, 3.8) is 0 Å². The highest BCUT2D eigenvalue weighted by Crippen LogP contribution is 2.42. The summed E-state index contributed by atoms with van der Waals surface area (Å²) in [6, 6.07) is 10.7. The molecule has 4 heterocycles. The van der Waals surface area contributed by atoms with Gasteiger partial charge in [0.2, 0.25) is 5.88 Å². The molecule has 0 N–H and O–H groups in total. The van der Waals surface area contributed by atoms with Crippen LogP contribution in [0.1, 0.15) is 36.9 Å². The first kappa shape index (κ1) is 19.7. The molecule has 1 aromatic carbocycles. The Labute approximate surface area is 181 Å². The van der Waals surface area contributed by atoms with Crippen molar-refractivity contribution in [1.29, 1.82) is 0 Å². The van der Waals surface area contributed by atoms with Crippen LogP contribution in [0, 0.1) is 19.7 Å². The lowest BCUT2D eigenvalue weighted by molar-refractivity contribution is 0.150. The third-order valence-corrected chi connectivity index (χ3v) is 6.23. The maximum absolute atomic E-state index is 13.2. The van der Waals surface area contributed by atoms with Gasteiger partial charge in [-0.2, -0.15) is 0 Å². The van der Waals surface area contributed by atoms with Crippen LogP contribution in [0.5, 0.6) is 17.4 Å². The Morgan fingerprint density at radius 2 is 1.71 bits per heavy atom. The number of fused-ring (bicyclic) bond motifs is 2. The van der Waals surface area contributed by atoms with Gasteiger partial charge in [-0.25, -0.2) is 14.4 Å². The number of ether oxygens (including phenoxy) is 2. The maximum Gasteiger partial charge on any atom is 0.227 e. The number of hydrogen-bond acceptors (Lipinski definition) is 6. The standard InChI is InChI=1S/C24H25FN4O2/c1-15-23(27-14-28-24(15)31-22-4-3-11-26-16(22)2)29-18-7-8-19(29)13-21(12-18)30-20-9-5-17(25)6-10-20/h3-6,9-11,14,18-19,21H,7-8,12-13H2,1-2H3. The van der Waals surface area contributed by atoms with E-state index in [0.29, 0.717) is 23.7 Å². The number of hydrogen-bond donors (Lipinski definition) is 0. The molecule has 2 atom stereocenters. The molecular weight excluding hydrogens is 395 g/mol. The van der Waals surface area contributed by atoms with Crippen LogP contribution >= 0.6 is 0 Å². The number of piperidine rings is 1. The molecule has 0 saturated carbocycles. The molecule has 2 bridgehead atoms. The van der Waals surface area contributed by atoms with Gasteiger partial charge in [-0.15, -0.1) is 0 Å². The van der Waals surface area contributed by atoms with E-state index in [2.05, 4.69) is 19.9 Å². The van der Waals surface area contributed by atoms with E-state index >= 15 is 0 Å². The summed E-state index contributed by atoms with van der Waals surface area (Å²) < 4.78 is 25.4. The third-order valence-electron chi connectivity index (χ3n) is 6.23. The number of aryl methyl sites for hydroxylation is 1. The highest BCUT2D eigenvalue weighted by atomic mass is 19.1. The van der Waals surface area contributed by atoms with Crippen LogP contribution in [0.2, 0.25) is 0 Å². The van der Waals surface area contributed by atoms with E-state index in [1.165, 1.54) is 12.1 Å². The van der Waals surface area contributed by atoms with E-state index in [9.17, 15) is 4.39 Å². The number of benzene rings is 1. The van der Waals surface area contributed by atoms with Crippen LogP contribution in [-0.4, -0.2) is 33.1 Å². The van der Waals surface area contributed by atoms with Crippen molar-refractivity contribution in [2.45, 2.75) is 57.7 Å². The topological polar surface area (TPSA) is 60.4 Å². The lowest BCUT2D eigenvalue weighted by atomic mass is 9.99. The molecule has 160 valence electrons. The molecular formula is C24H25FN4O2. The van der Waals surface area contributed by atoms with Gasteiger partial charge in [-0.1, -0.05) is 0 Å². The molecule has 5 rings (SSSR count). The summed E-state index contributed by atoms with van der Waals surface area (Å²) >= 11 is 0. The summed E-state index contributed by atoms with van der Waals surface area (Å²) in [7, 11) is 0. The number of halogens is 1. The van der Waals surface area contributed by atoms with Gasteiger partial charge in [0.15, 0.2) is 5.75 Å². The number of anilines is 1. The van der Waals surface area contributed by atoms with Gasteiger partial charge in [0.25, 0.3) is 0 Å². The van der Waals surface area contributed by atoms with Crippen molar-refractivity contribution in [2.24, 2.45) is 0 Å². The molecule has 7 heteroatoms. The second kappa shape index (κ2) is 8.13. The molecule has 3 aromatic rings. The molecule has 2 saturated heterocycles. The molecule has 31 heavy (non-hydrogen) atoms. The van der Waals surface area contributed by atoms with Crippen LogP contribution in [0.25, 0.3) is 0 Å². The average molecular weight is 420 g/mol. The zero-order valence-corrected chi connectivity index (χ0v) is 17.7. The highest BCUT2D eigenvalue weighted by molar-refractivity contribution is 5.54.